The number of amides is 1. The zero-order valence-electron chi connectivity index (χ0n) is 21.7. The number of nitrogens with zero attached hydrogens (tertiary/aromatic N) is 4. The van der Waals surface area contributed by atoms with E-state index in [4.69, 9.17) is 14.2 Å². The number of fused-ring (bicyclic) bond motifs is 1. The van der Waals surface area contributed by atoms with Gasteiger partial charge in [0, 0.05) is 17.8 Å². The molecule has 0 bridgehead atoms. The molecular formula is C28H29N5O5. The van der Waals surface area contributed by atoms with Crippen molar-refractivity contribution in [2.24, 2.45) is 0 Å². The van der Waals surface area contributed by atoms with Gasteiger partial charge in [-0.25, -0.2) is 9.31 Å². The first-order chi connectivity index (χ1) is 18.2. The van der Waals surface area contributed by atoms with Crippen molar-refractivity contribution in [2.45, 2.75) is 32.8 Å². The lowest BCUT2D eigenvalue weighted by Crippen LogP contribution is -2.24. The highest BCUT2D eigenvalue weighted by Crippen LogP contribution is 2.32. The van der Waals surface area contributed by atoms with Gasteiger partial charge in [-0.1, -0.05) is 24.3 Å². The van der Waals surface area contributed by atoms with E-state index in [-0.39, 0.29) is 18.5 Å². The number of aromatic nitrogens is 3. The summed E-state index contributed by atoms with van der Waals surface area (Å²) in [7, 11) is 1.56. The third kappa shape index (κ3) is 5.54. The van der Waals surface area contributed by atoms with E-state index >= 15 is 0 Å². The first-order valence-corrected chi connectivity index (χ1v) is 12.3. The van der Waals surface area contributed by atoms with Crippen molar-refractivity contribution in [1.29, 1.82) is 0 Å². The molecule has 4 aromatic rings. The molecule has 5 rings (SSSR count). The fraction of sp³-hybridized carbons (Fsp3) is 0.286. The van der Waals surface area contributed by atoms with Gasteiger partial charge in [0.2, 0.25) is 5.95 Å². The van der Waals surface area contributed by atoms with E-state index in [0.29, 0.717) is 41.9 Å². The Kier molecular flexibility index (Phi) is 6.62. The fourth-order valence-electron chi connectivity index (χ4n) is 4.17. The van der Waals surface area contributed by atoms with Gasteiger partial charge in [0.15, 0.2) is 5.65 Å². The molecule has 3 heterocycles. The highest BCUT2D eigenvalue weighted by Gasteiger charge is 2.24. The Hall–Kier alpha value is -4.60. The number of pyridine rings is 1. The molecule has 1 aliphatic heterocycles. The van der Waals surface area contributed by atoms with E-state index in [1.165, 1.54) is 0 Å². The van der Waals surface area contributed by atoms with Gasteiger partial charge >= 0.3 is 12.1 Å². The minimum Gasteiger partial charge on any atom is -0.494 e. The summed E-state index contributed by atoms with van der Waals surface area (Å²) < 4.78 is 17.7. The normalized spacial score (nSPS) is 13.5. The predicted octanol–water partition coefficient (Wildman–Crippen LogP) is 4.99. The highest BCUT2D eigenvalue weighted by atomic mass is 16.6. The van der Waals surface area contributed by atoms with E-state index in [0.717, 1.165) is 16.7 Å². The van der Waals surface area contributed by atoms with Gasteiger partial charge in [0.05, 0.1) is 31.5 Å². The molecule has 0 atom stereocenters. The van der Waals surface area contributed by atoms with E-state index in [9.17, 15) is 9.59 Å². The lowest BCUT2D eigenvalue weighted by atomic mass is 10.0. The molecule has 1 amide bonds. The minimum atomic E-state index is -0.504. The molecule has 0 saturated carbocycles. The number of hydrogen-bond acceptors (Lipinski definition) is 8. The molecule has 2 aromatic heterocycles. The third-order valence-corrected chi connectivity index (χ3v) is 5.89. The molecule has 1 aliphatic rings. The van der Waals surface area contributed by atoms with Crippen LogP contribution in [0, 0.1) is 0 Å². The molecule has 0 radical (unpaired) electrons. The topological polar surface area (TPSA) is 107 Å². The second-order valence-electron chi connectivity index (χ2n) is 9.89. The van der Waals surface area contributed by atoms with Gasteiger partial charge in [0.1, 0.15) is 18.0 Å². The fourth-order valence-corrected chi connectivity index (χ4v) is 4.17. The van der Waals surface area contributed by atoms with Gasteiger partial charge in [0.25, 0.3) is 0 Å². The van der Waals surface area contributed by atoms with Crippen LogP contribution in [0.3, 0.4) is 0 Å². The van der Waals surface area contributed by atoms with E-state index in [2.05, 4.69) is 15.4 Å². The molecule has 10 nitrogen and oxygen atoms in total. The van der Waals surface area contributed by atoms with Crippen molar-refractivity contribution in [1.82, 2.24) is 14.6 Å². The Balaban J connectivity index is 1.31. The third-order valence-electron chi connectivity index (χ3n) is 5.89. The van der Waals surface area contributed by atoms with Crippen LogP contribution in [0.2, 0.25) is 0 Å². The number of methoxy groups -OCH3 is 1. The standard InChI is InChI=1S/C28H29N5O5/c1-28(2,3)38-25(34)15-18-5-7-19(8-6-18)20-9-12-24-30-26(31-33(24)17-20)29-22-11-10-21(16-23(22)36-4)32-13-14-37-27(32)35/h5-12,16-17H,13-15H2,1-4H3,(H,29,31). The van der Waals surface area contributed by atoms with Crippen molar-refractivity contribution in [3.05, 3.63) is 66.4 Å². The molecule has 1 saturated heterocycles. The van der Waals surface area contributed by atoms with Crippen molar-refractivity contribution < 1.29 is 23.8 Å². The summed E-state index contributed by atoms with van der Waals surface area (Å²) in [5.74, 6) is 0.703. The zero-order valence-corrected chi connectivity index (χ0v) is 21.7. The first kappa shape index (κ1) is 25.1. The Morgan fingerprint density at radius 2 is 1.84 bits per heavy atom. The maximum atomic E-state index is 12.1. The summed E-state index contributed by atoms with van der Waals surface area (Å²) in [6.45, 7) is 6.43. The average Bonchev–Trinajstić information content (AvgIpc) is 3.48. The van der Waals surface area contributed by atoms with Gasteiger partial charge in [-0.05, 0) is 56.2 Å². The number of benzene rings is 2. The van der Waals surface area contributed by atoms with E-state index in [1.54, 1.807) is 22.6 Å². The summed E-state index contributed by atoms with van der Waals surface area (Å²) in [5.41, 5.74) is 4.36. The average molecular weight is 516 g/mol. The molecule has 0 aliphatic carbocycles. The lowest BCUT2D eigenvalue weighted by molar-refractivity contribution is -0.153. The monoisotopic (exact) mass is 515 g/mol. The molecule has 1 N–H and O–H groups in total. The van der Waals surface area contributed by atoms with Crippen LogP contribution in [0.15, 0.2) is 60.8 Å². The summed E-state index contributed by atoms with van der Waals surface area (Å²) in [6, 6.07) is 17.1. The molecule has 2 aromatic carbocycles. The zero-order chi connectivity index (χ0) is 26.9. The Labute approximate surface area is 220 Å². The van der Waals surface area contributed by atoms with Crippen LogP contribution in [-0.2, 0) is 20.7 Å². The first-order valence-electron chi connectivity index (χ1n) is 12.3. The quantitative estimate of drug-likeness (QED) is 0.343. The number of hydrogen-bond donors (Lipinski definition) is 1. The van der Waals surface area contributed by atoms with Crippen LogP contribution < -0.4 is 15.0 Å². The van der Waals surface area contributed by atoms with Crippen LogP contribution in [0.1, 0.15) is 26.3 Å². The molecule has 38 heavy (non-hydrogen) atoms. The van der Waals surface area contributed by atoms with Gasteiger partial charge in [-0.3, -0.25) is 9.69 Å². The molecule has 0 spiro atoms. The van der Waals surface area contributed by atoms with Gasteiger partial charge in [-0.2, -0.15) is 4.98 Å². The van der Waals surface area contributed by atoms with Crippen molar-refractivity contribution >= 4 is 35.0 Å². The maximum Gasteiger partial charge on any atom is 0.414 e. The molecule has 1 fully saturated rings. The van der Waals surface area contributed by atoms with Crippen LogP contribution in [0.5, 0.6) is 5.75 Å². The molecule has 10 heteroatoms. The minimum absolute atomic E-state index is 0.223. The smallest absolute Gasteiger partial charge is 0.414 e. The van der Waals surface area contributed by atoms with Crippen LogP contribution >= 0.6 is 0 Å². The molecule has 196 valence electrons. The van der Waals surface area contributed by atoms with Gasteiger partial charge < -0.3 is 19.5 Å². The predicted molar refractivity (Wildman–Crippen MR) is 143 cm³/mol. The number of anilines is 3. The number of rotatable bonds is 7. The Morgan fingerprint density at radius 3 is 2.53 bits per heavy atom. The SMILES string of the molecule is COc1cc(N2CCOC2=O)ccc1Nc1nc2ccc(-c3ccc(CC(=O)OC(C)(C)C)cc3)cn2n1. The molecular weight excluding hydrogens is 486 g/mol. The number of cyclic esters (lactones) is 1. The van der Waals surface area contributed by atoms with Crippen molar-refractivity contribution in [3.63, 3.8) is 0 Å². The summed E-state index contributed by atoms with van der Waals surface area (Å²) in [4.78, 5) is 30.1. The number of carbonyl (C=O) groups is 2. The van der Waals surface area contributed by atoms with E-state index < -0.39 is 5.60 Å². The number of nitrogens with one attached hydrogen (secondary N) is 1. The van der Waals surface area contributed by atoms with Crippen LogP contribution in [0.4, 0.5) is 22.1 Å². The largest absolute Gasteiger partial charge is 0.494 e. The van der Waals surface area contributed by atoms with Crippen molar-refractivity contribution in [2.75, 3.05) is 30.5 Å². The van der Waals surface area contributed by atoms with Crippen LogP contribution in [-0.4, -0.2) is 52.5 Å². The number of esters is 1. The Bertz CT molecular complexity index is 1490. The lowest BCUT2D eigenvalue weighted by Gasteiger charge is -2.19. The van der Waals surface area contributed by atoms with Crippen LogP contribution in [0.25, 0.3) is 16.8 Å². The summed E-state index contributed by atoms with van der Waals surface area (Å²) >= 11 is 0. The second kappa shape index (κ2) is 10.0. The summed E-state index contributed by atoms with van der Waals surface area (Å²) in [5, 5.41) is 7.76. The van der Waals surface area contributed by atoms with E-state index in [1.807, 2.05) is 75.5 Å². The number of carbonyl (C=O) groups excluding carboxylic acids is 2. The maximum absolute atomic E-state index is 12.1. The van der Waals surface area contributed by atoms with Crippen molar-refractivity contribution in [3.8, 4) is 16.9 Å². The summed E-state index contributed by atoms with van der Waals surface area (Å²) in [6.07, 6.45) is 1.75. The number of ether oxygens (including phenoxy) is 3. The second-order valence-corrected chi connectivity index (χ2v) is 9.89. The molecule has 0 unspecified atom stereocenters. The Morgan fingerprint density at radius 1 is 1.08 bits per heavy atom. The van der Waals surface area contributed by atoms with Gasteiger partial charge in [-0.15, -0.1) is 5.10 Å². The highest BCUT2D eigenvalue weighted by molar-refractivity contribution is 5.90.